The molecule has 0 bridgehead atoms. The monoisotopic (exact) mass is 219 g/mol. The Morgan fingerprint density at radius 3 is 2.75 bits per heavy atom. The number of hydrogen-bond donors (Lipinski definition) is 1. The minimum Gasteiger partial charge on any atom is -0.392 e. The maximum absolute atomic E-state index is 12.0. The van der Waals surface area contributed by atoms with E-state index in [0.717, 1.165) is 10.5 Å². The highest BCUT2D eigenvalue weighted by Gasteiger charge is 2.30. The molecule has 1 aliphatic rings. The van der Waals surface area contributed by atoms with Crippen LogP contribution in [-0.2, 0) is 11.2 Å². The van der Waals surface area contributed by atoms with Crippen molar-refractivity contribution in [2.24, 2.45) is 0 Å². The predicted octanol–water partition coefficient (Wildman–Crippen LogP) is 0.592. The molecule has 0 radical (unpaired) electrons. The molecule has 0 saturated carbocycles. The van der Waals surface area contributed by atoms with Gasteiger partial charge in [0.25, 0.3) is 5.91 Å². The molecule has 1 aromatic carbocycles. The lowest BCUT2D eigenvalue weighted by molar-refractivity contribution is -0.129. The Labute approximate surface area is 93.5 Å². The van der Waals surface area contributed by atoms with Crippen LogP contribution in [0.3, 0.4) is 0 Å². The Balaban J connectivity index is 2.34. The van der Waals surface area contributed by atoms with Gasteiger partial charge < -0.3 is 5.11 Å². The number of carbonyl (C=O) groups excluding carboxylic acids is 2. The van der Waals surface area contributed by atoms with E-state index in [0.29, 0.717) is 5.56 Å². The lowest BCUT2D eigenvalue weighted by Crippen LogP contribution is -2.45. The maximum atomic E-state index is 12.0. The number of nitrogens with zero attached hydrogens (tertiary/aromatic N) is 1. The van der Waals surface area contributed by atoms with Crippen LogP contribution < -0.4 is 0 Å². The van der Waals surface area contributed by atoms with E-state index in [1.54, 1.807) is 25.1 Å². The minimum atomic E-state index is -0.696. The molecule has 2 rings (SSSR count). The Morgan fingerprint density at radius 2 is 2.06 bits per heavy atom. The van der Waals surface area contributed by atoms with E-state index in [4.69, 9.17) is 0 Å². The molecular formula is C12H13NO3. The number of aliphatic hydroxyl groups excluding tert-OH is 1. The number of fused-ring (bicyclic) bond motifs is 1. The van der Waals surface area contributed by atoms with E-state index in [-0.39, 0.29) is 24.8 Å². The average molecular weight is 219 g/mol. The maximum Gasteiger partial charge on any atom is 0.260 e. The summed E-state index contributed by atoms with van der Waals surface area (Å²) in [4.78, 5) is 24.8. The number of amides is 2. The van der Waals surface area contributed by atoms with E-state index in [2.05, 4.69) is 0 Å². The number of aliphatic hydroxyl groups is 1. The van der Waals surface area contributed by atoms with Gasteiger partial charge in [-0.1, -0.05) is 18.2 Å². The number of benzene rings is 1. The molecule has 1 heterocycles. The van der Waals surface area contributed by atoms with Crippen molar-refractivity contribution < 1.29 is 14.7 Å². The van der Waals surface area contributed by atoms with Crippen molar-refractivity contribution in [3.8, 4) is 0 Å². The summed E-state index contributed by atoms with van der Waals surface area (Å²) in [5.74, 6) is -0.558. The molecule has 1 unspecified atom stereocenters. The fourth-order valence-corrected chi connectivity index (χ4v) is 1.85. The summed E-state index contributed by atoms with van der Waals surface area (Å²) in [6.45, 7) is 1.62. The molecule has 0 spiro atoms. The van der Waals surface area contributed by atoms with Crippen LogP contribution in [0.2, 0.25) is 0 Å². The van der Waals surface area contributed by atoms with Gasteiger partial charge in [-0.05, 0) is 18.6 Å². The first kappa shape index (κ1) is 10.8. The zero-order valence-corrected chi connectivity index (χ0v) is 9.01. The molecule has 1 aliphatic heterocycles. The second-order valence-electron chi connectivity index (χ2n) is 3.99. The average Bonchev–Trinajstić information content (AvgIpc) is 2.24. The summed E-state index contributed by atoms with van der Waals surface area (Å²) in [5.41, 5.74) is 1.32. The van der Waals surface area contributed by atoms with Gasteiger partial charge >= 0.3 is 0 Å². The molecule has 0 aliphatic carbocycles. The molecule has 2 amide bonds. The number of carbonyl (C=O) groups is 2. The summed E-state index contributed by atoms with van der Waals surface area (Å²) in [5, 5.41) is 9.24. The van der Waals surface area contributed by atoms with Crippen molar-refractivity contribution in [2.45, 2.75) is 19.4 Å². The third-order valence-corrected chi connectivity index (χ3v) is 2.58. The van der Waals surface area contributed by atoms with Gasteiger partial charge in [0.15, 0.2) is 0 Å². The Bertz CT molecular complexity index is 440. The number of rotatable bonds is 2. The van der Waals surface area contributed by atoms with Crippen LogP contribution >= 0.6 is 0 Å². The van der Waals surface area contributed by atoms with Crippen molar-refractivity contribution in [2.75, 3.05) is 6.54 Å². The van der Waals surface area contributed by atoms with Crippen molar-refractivity contribution in [3.63, 3.8) is 0 Å². The van der Waals surface area contributed by atoms with Gasteiger partial charge in [0.1, 0.15) is 0 Å². The van der Waals surface area contributed by atoms with Crippen LogP contribution in [0.5, 0.6) is 0 Å². The van der Waals surface area contributed by atoms with E-state index in [9.17, 15) is 14.7 Å². The highest BCUT2D eigenvalue weighted by Crippen LogP contribution is 2.19. The summed E-state index contributed by atoms with van der Waals surface area (Å²) in [7, 11) is 0. The molecule has 0 fully saturated rings. The zero-order valence-electron chi connectivity index (χ0n) is 9.01. The summed E-state index contributed by atoms with van der Waals surface area (Å²) in [6, 6.07) is 7.07. The van der Waals surface area contributed by atoms with Crippen LogP contribution in [0.15, 0.2) is 24.3 Å². The van der Waals surface area contributed by atoms with Crippen LogP contribution in [0.4, 0.5) is 0 Å². The molecule has 0 saturated heterocycles. The van der Waals surface area contributed by atoms with Gasteiger partial charge in [0, 0.05) is 5.56 Å². The molecule has 4 heteroatoms. The SMILES string of the molecule is CC(O)CN1C(=O)Cc2ccccc2C1=O. The Kier molecular flexibility index (Phi) is 2.75. The zero-order chi connectivity index (χ0) is 11.7. The third-order valence-electron chi connectivity index (χ3n) is 2.58. The molecule has 16 heavy (non-hydrogen) atoms. The second kappa shape index (κ2) is 4.06. The van der Waals surface area contributed by atoms with E-state index in [1.807, 2.05) is 6.07 Å². The standard InChI is InChI=1S/C12H13NO3/c1-8(14)7-13-11(15)6-9-4-2-3-5-10(9)12(13)16/h2-5,8,14H,6-7H2,1H3. The summed E-state index contributed by atoms with van der Waals surface area (Å²) < 4.78 is 0. The summed E-state index contributed by atoms with van der Waals surface area (Å²) in [6.07, 6.45) is -0.465. The smallest absolute Gasteiger partial charge is 0.260 e. The van der Waals surface area contributed by atoms with E-state index < -0.39 is 6.10 Å². The van der Waals surface area contributed by atoms with Crippen LogP contribution in [-0.4, -0.2) is 34.5 Å². The van der Waals surface area contributed by atoms with Crippen molar-refractivity contribution in [1.82, 2.24) is 4.90 Å². The highest BCUT2D eigenvalue weighted by molar-refractivity contribution is 6.09. The molecular weight excluding hydrogens is 206 g/mol. The van der Waals surface area contributed by atoms with Gasteiger partial charge in [-0.25, -0.2) is 0 Å². The Morgan fingerprint density at radius 1 is 1.38 bits per heavy atom. The minimum absolute atomic E-state index is 0.0615. The highest BCUT2D eigenvalue weighted by atomic mass is 16.3. The normalized spacial score (nSPS) is 17.2. The number of hydrogen-bond acceptors (Lipinski definition) is 3. The first-order valence-electron chi connectivity index (χ1n) is 5.20. The van der Waals surface area contributed by atoms with E-state index in [1.165, 1.54) is 0 Å². The van der Waals surface area contributed by atoms with Gasteiger partial charge in [0.05, 0.1) is 19.1 Å². The number of imide groups is 1. The molecule has 1 atom stereocenters. The van der Waals surface area contributed by atoms with Crippen molar-refractivity contribution in [3.05, 3.63) is 35.4 Å². The molecule has 1 aromatic rings. The van der Waals surface area contributed by atoms with Crippen LogP contribution in [0.1, 0.15) is 22.8 Å². The fourth-order valence-electron chi connectivity index (χ4n) is 1.85. The largest absolute Gasteiger partial charge is 0.392 e. The van der Waals surface area contributed by atoms with Gasteiger partial charge in [0.2, 0.25) is 5.91 Å². The van der Waals surface area contributed by atoms with Gasteiger partial charge in [-0.3, -0.25) is 14.5 Å². The lowest BCUT2D eigenvalue weighted by atomic mass is 9.98. The third kappa shape index (κ3) is 1.84. The van der Waals surface area contributed by atoms with Gasteiger partial charge in [-0.15, -0.1) is 0 Å². The predicted molar refractivity (Wildman–Crippen MR) is 57.9 cm³/mol. The van der Waals surface area contributed by atoms with Crippen LogP contribution in [0.25, 0.3) is 0 Å². The first-order valence-corrected chi connectivity index (χ1v) is 5.20. The molecule has 84 valence electrons. The number of β-amino-alcohol motifs (C(OH)–C–C–N with tert-alkyl or cyclic N) is 1. The Hall–Kier alpha value is -1.68. The topological polar surface area (TPSA) is 57.6 Å². The fraction of sp³-hybridized carbons (Fsp3) is 0.333. The van der Waals surface area contributed by atoms with Gasteiger partial charge in [-0.2, -0.15) is 0 Å². The second-order valence-corrected chi connectivity index (χ2v) is 3.99. The van der Waals surface area contributed by atoms with Crippen molar-refractivity contribution in [1.29, 1.82) is 0 Å². The summed E-state index contributed by atoms with van der Waals surface area (Å²) >= 11 is 0. The quantitative estimate of drug-likeness (QED) is 0.741. The molecule has 4 nitrogen and oxygen atoms in total. The lowest BCUT2D eigenvalue weighted by Gasteiger charge is -2.27. The first-order chi connectivity index (χ1) is 7.59. The molecule has 1 N–H and O–H groups in total. The van der Waals surface area contributed by atoms with Crippen molar-refractivity contribution >= 4 is 11.8 Å². The van der Waals surface area contributed by atoms with Crippen LogP contribution in [0, 0.1) is 0 Å². The molecule has 0 aromatic heterocycles. The van der Waals surface area contributed by atoms with E-state index >= 15 is 0 Å².